The van der Waals surface area contributed by atoms with Gasteiger partial charge in [0, 0.05) is 27.6 Å². The number of nitrogens with zero attached hydrogens (tertiary/aromatic N) is 5. The van der Waals surface area contributed by atoms with Gasteiger partial charge in [-0.05, 0) is 125 Å². The molecular formula is C45H30FN5S2. The van der Waals surface area contributed by atoms with Gasteiger partial charge in [-0.2, -0.15) is 9.98 Å². The third-order valence-corrected chi connectivity index (χ3v) is 10.9. The highest BCUT2D eigenvalue weighted by Crippen LogP contribution is 2.53. The highest BCUT2D eigenvalue weighted by Gasteiger charge is 2.36. The minimum atomic E-state index is -0.368. The normalized spacial score (nSPS) is 13.1. The average Bonchev–Trinajstić information content (AvgIpc) is 3.45. The Labute approximate surface area is 317 Å². The first-order valence-electron chi connectivity index (χ1n) is 17.3. The van der Waals surface area contributed by atoms with Crippen molar-refractivity contribution in [2.45, 2.75) is 33.1 Å². The molecule has 0 unspecified atom stereocenters. The van der Waals surface area contributed by atoms with Crippen LogP contribution in [0.1, 0.15) is 36.1 Å². The number of aryl methyl sites for hydroxylation is 2. The molecule has 0 saturated heterocycles. The van der Waals surface area contributed by atoms with Crippen LogP contribution < -0.4 is 4.90 Å². The van der Waals surface area contributed by atoms with E-state index in [1.54, 1.807) is 6.07 Å². The summed E-state index contributed by atoms with van der Waals surface area (Å²) in [5.41, 5.74) is 15.1. The molecule has 1 aliphatic heterocycles. The summed E-state index contributed by atoms with van der Waals surface area (Å²) < 4.78 is 15.4. The number of anilines is 3. The Morgan fingerprint density at radius 1 is 0.623 bits per heavy atom. The minimum absolute atomic E-state index is 0.114. The van der Waals surface area contributed by atoms with E-state index in [4.69, 9.17) is 29.4 Å². The van der Waals surface area contributed by atoms with Crippen molar-refractivity contribution in [3.63, 3.8) is 0 Å². The van der Waals surface area contributed by atoms with Crippen LogP contribution in [0, 0.1) is 19.7 Å². The number of thiocarbonyl (C=S) groups is 2. The van der Waals surface area contributed by atoms with Gasteiger partial charge in [-0.1, -0.05) is 86.6 Å². The first-order chi connectivity index (χ1) is 25.7. The van der Waals surface area contributed by atoms with Gasteiger partial charge >= 0.3 is 0 Å². The summed E-state index contributed by atoms with van der Waals surface area (Å²) in [5, 5.41) is 6.30. The van der Waals surface area contributed by atoms with Crippen molar-refractivity contribution in [2.24, 2.45) is 9.98 Å². The molecule has 0 N–H and O–H groups in total. The third-order valence-electron chi connectivity index (χ3n) is 10.7. The Kier molecular flexibility index (Phi) is 7.63. The highest BCUT2D eigenvalue weighted by molar-refractivity contribution is 7.78. The monoisotopic (exact) mass is 723 g/mol. The zero-order valence-electron chi connectivity index (χ0n) is 29.3. The molecule has 0 fully saturated rings. The SMILES string of the molecule is Cc1cc(-c2ccc3c4c(cc(F)cc24)-c2nc(N=C=S)c(N=C=S)nc2-3)ccc1-c1ccc(N2c3ccccc3C(C)(C)c3ccccc32)cc1C. The smallest absolute Gasteiger partial charge is 0.209 e. The standard InChI is InChI=1S/C45H30FN5S2/c1-25-19-27(32-17-18-33-40-34(32)21-28(46)22-35(40)42-41(33)49-43(47-23-52)44(50-42)48-24-53)13-15-30(25)31-16-14-29(20-26(31)2)51-38-11-7-5-9-36(38)45(3,4)37-10-6-8-12-39(37)51/h5-22H,1-4H3. The molecule has 53 heavy (non-hydrogen) atoms. The zero-order chi connectivity index (χ0) is 36.6. The van der Waals surface area contributed by atoms with Crippen LogP contribution in [0.2, 0.25) is 0 Å². The van der Waals surface area contributed by atoms with Gasteiger partial charge in [-0.3, -0.25) is 0 Å². The van der Waals surface area contributed by atoms with Gasteiger partial charge in [-0.15, -0.1) is 0 Å². The van der Waals surface area contributed by atoms with E-state index in [0.717, 1.165) is 44.3 Å². The van der Waals surface area contributed by atoms with Crippen LogP contribution in [0.25, 0.3) is 55.5 Å². The number of aromatic nitrogens is 2. The largest absolute Gasteiger partial charge is 0.310 e. The molecule has 1 aliphatic carbocycles. The number of hydrogen-bond acceptors (Lipinski definition) is 7. The second-order valence-corrected chi connectivity index (χ2v) is 14.4. The molecule has 254 valence electrons. The van der Waals surface area contributed by atoms with Crippen molar-refractivity contribution in [1.82, 2.24) is 9.97 Å². The molecule has 0 atom stereocenters. The molecule has 0 bridgehead atoms. The van der Waals surface area contributed by atoms with Gasteiger partial charge in [0.1, 0.15) is 11.5 Å². The molecule has 7 aromatic rings. The molecule has 2 aliphatic rings. The summed E-state index contributed by atoms with van der Waals surface area (Å²) in [6, 6.07) is 37.7. The summed E-state index contributed by atoms with van der Waals surface area (Å²) in [6.45, 7) is 8.92. The Morgan fingerprint density at radius 2 is 1.17 bits per heavy atom. The lowest BCUT2D eigenvalue weighted by atomic mass is 9.73. The number of halogens is 1. The van der Waals surface area contributed by atoms with E-state index in [-0.39, 0.29) is 22.9 Å². The second-order valence-electron chi connectivity index (χ2n) is 14.0. The summed E-state index contributed by atoms with van der Waals surface area (Å²) in [6.07, 6.45) is 0. The van der Waals surface area contributed by atoms with Gasteiger partial charge in [0.2, 0.25) is 11.6 Å². The number of aliphatic imine (C=N–C) groups is 2. The van der Waals surface area contributed by atoms with Crippen molar-refractivity contribution in [2.75, 3.05) is 4.90 Å². The fourth-order valence-corrected chi connectivity index (χ4v) is 8.46. The number of para-hydroxylation sites is 2. The molecule has 2 heterocycles. The summed E-state index contributed by atoms with van der Waals surface area (Å²) in [4.78, 5) is 19.8. The first kappa shape index (κ1) is 32.9. The van der Waals surface area contributed by atoms with Crippen molar-refractivity contribution >= 4 is 74.2 Å². The lowest BCUT2D eigenvalue weighted by Crippen LogP contribution is -2.30. The molecule has 6 aromatic carbocycles. The van der Waals surface area contributed by atoms with Gasteiger partial charge in [0.05, 0.1) is 27.4 Å². The van der Waals surface area contributed by atoms with E-state index in [0.29, 0.717) is 17.0 Å². The molecule has 9 rings (SSSR count). The fourth-order valence-electron chi connectivity index (χ4n) is 8.28. The van der Waals surface area contributed by atoms with Crippen molar-refractivity contribution in [3.05, 3.63) is 137 Å². The lowest BCUT2D eigenvalue weighted by Gasteiger charge is -2.42. The van der Waals surface area contributed by atoms with Gasteiger partial charge in [-0.25, -0.2) is 14.4 Å². The maximum absolute atomic E-state index is 15.4. The van der Waals surface area contributed by atoms with Crippen molar-refractivity contribution in [1.29, 1.82) is 0 Å². The Balaban J connectivity index is 1.12. The van der Waals surface area contributed by atoms with Gasteiger partial charge in [0.25, 0.3) is 0 Å². The van der Waals surface area contributed by atoms with Crippen LogP contribution in [0.5, 0.6) is 0 Å². The molecule has 0 amide bonds. The van der Waals surface area contributed by atoms with Crippen LogP contribution in [-0.4, -0.2) is 20.3 Å². The maximum Gasteiger partial charge on any atom is 0.209 e. The molecule has 5 nitrogen and oxygen atoms in total. The molecule has 0 radical (unpaired) electrons. The molecule has 0 spiro atoms. The van der Waals surface area contributed by atoms with Gasteiger partial charge < -0.3 is 4.90 Å². The van der Waals surface area contributed by atoms with E-state index in [1.165, 1.54) is 39.7 Å². The van der Waals surface area contributed by atoms with Crippen molar-refractivity contribution in [3.8, 4) is 44.8 Å². The van der Waals surface area contributed by atoms with E-state index in [1.807, 2.05) is 12.1 Å². The molecule has 8 heteroatoms. The van der Waals surface area contributed by atoms with E-state index in [9.17, 15) is 0 Å². The molecule has 0 saturated carbocycles. The van der Waals surface area contributed by atoms with Crippen LogP contribution in [0.15, 0.2) is 119 Å². The van der Waals surface area contributed by atoms with Gasteiger partial charge in [0.15, 0.2) is 0 Å². The second kappa shape index (κ2) is 12.3. The number of hydrogen-bond donors (Lipinski definition) is 0. The van der Waals surface area contributed by atoms with Crippen molar-refractivity contribution < 1.29 is 4.39 Å². The molecular weight excluding hydrogens is 694 g/mol. The highest BCUT2D eigenvalue weighted by atomic mass is 32.1. The summed E-state index contributed by atoms with van der Waals surface area (Å²) >= 11 is 9.65. The average molecular weight is 724 g/mol. The first-order valence-corrected chi connectivity index (χ1v) is 18.1. The fraction of sp³-hybridized carbons (Fsp3) is 0.111. The number of fused-ring (bicyclic) bond motifs is 5. The Hall–Kier alpha value is -6.01. The van der Waals surface area contributed by atoms with E-state index in [2.05, 4.69) is 143 Å². The van der Waals surface area contributed by atoms with Crippen LogP contribution in [-0.2, 0) is 5.41 Å². The number of isothiocyanates is 2. The summed E-state index contributed by atoms with van der Waals surface area (Å²) in [5.74, 6) is -0.0239. The predicted molar refractivity (Wildman–Crippen MR) is 220 cm³/mol. The van der Waals surface area contributed by atoms with Crippen LogP contribution in [0.3, 0.4) is 0 Å². The minimum Gasteiger partial charge on any atom is -0.310 e. The van der Waals surface area contributed by atoms with Crippen LogP contribution >= 0.6 is 24.4 Å². The predicted octanol–water partition coefficient (Wildman–Crippen LogP) is 12.9. The topological polar surface area (TPSA) is 53.7 Å². The third kappa shape index (κ3) is 5.03. The Bertz CT molecular complexity index is 2780. The number of rotatable bonds is 5. The number of benzene rings is 6. The quantitative estimate of drug-likeness (QED) is 0.131. The zero-order valence-corrected chi connectivity index (χ0v) is 31.0. The maximum atomic E-state index is 15.4. The van der Waals surface area contributed by atoms with E-state index < -0.39 is 0 Å². The van der Waals surface area contributed by atoms with E-state index >= 15 is 4.39 Å². The lowest BCUT2D eigenvalue weighted by molar-refractivity contribution is 0.630. The Morgan fingerprint density at radius 3 is 1.77 bits per heavy atom. The van der Waals surface area contributed by atoms with Crippen LogP contribution in [0.4, 0.5) is 33.1 Å². The molecule has 1 aromatic heterocycles. The summed E-state index contributed by atoms with van der Waals surface area (Å²) in [7, 11) is 0.